The lowest BCUT2D eigenvalue weighted by atomic mass is 10.2. The molecule has 0 saturated carbocycles. The minimum absolute atomic E-state index is 0.906. The summed E-state index contributed by atoms with van der Waals surface area (Å²) in [7, 11) is 0. The minimum atomic E-state index is 0.906. The minimum Gasteiger partial charge on any atom is -0.352 e. The molecule has 0 aliphatic rings. The normalized spacial score (nSPS) is 10.8. The highest BCUT2D eigenvalue weighted by atomic mass is 32.1. The van der Waals surface area contributed by atoms with Crippen LogP contribution in [0.15, 0.2) is 29.6 Å². The maximum Gasteiger partial charge on any atom is 0.129 e. The zero-order valence-corrected chi connectivity index (χ0v) is 13.3. The first-order valence-corrected chi connectivity index (χ1v) is 8.06. The molecule has 3 nitrogen and oxygen atoms in total. The van der Waals surface area contributed by atoms with Crippen molar-refractivity contribution in [3.63, 3.8) is 0 Å². The van der Waals surface area contributed by atoms with Crippen LogP contribution < -0.4 is 10.2 Å². The summed E-state index contributed by atoms with van der Waals surface area (Å²) in [6.45, 7) is 10.2. The van der Waals surface area contributed by atoms with Gasteiger partial charge in [-0.1, -0.05) is 13.0 Å². The van der Waals surface area contributed by atoms with E-state index in [1.807, 2.05) is 0 Å². The highest BCUT2D eigenvalue weighted by Gasteiger charge is 2.09. The van der Waals surface area contributed by atoms with E-state index < -0.39 is 0 Å². The molecule has 20 heavy (non-hydrogen) atoms. The van der Waals surface area contributed by atoms with Crippen LogP contribution in [-0.4, -0.2) is 18.1 Å². The Morgan fingerprint density at radius 2 is 2.15 bits per heavy atom. The predicted molar refractivity (Wildman–Crippen MR) is 87.4 cm³/mol. The number of hydrogen-bond acceptors (Lipinski definition) is 4. The van der Waals surface area contributed by atoms with Gasteiger partial charge in [-0.05, 0) is 49.5 Å². The lowest BCUT2D eigenvalue weighted by Gasteiger charge is -2.22. The van der Waals surface area contributed by atoms with Crippen LogP contribution in [0.1, 0.15) is 30.0 Å². The van der Waals surface area contributed by atoms with E-state index in [1.54, 1.807) is 11.3 Å². The van der Waals surface area contributed by atoms with Crippen molar-refractivity contribution in [2.75, 3.05) is 18.0 Å². The number of rotatable bonds is 7. The Labute approximate surface area is 125 Å². The Morgan fingerprint density at radius 1 is 1.30 bits per heavy atom. The van der Waals surface area contributed by atoms with Gasteiger partial charge in [0.05, 0.1) is 6.54 Å². The highest BCUT2D eigenvalue weighted by Crippen LogP contribution is 2.19. The molecule has 2 aromatic heterocycles. The monoisotopic (exact) mass is 289 g/mol. The van der Waals surface area contributed by atoms with Crippen LogP contribution in [0.3, 0.4) is 0 Å². The van der Waals surface area contributed by atoms with Crippen LogP contribution >= 0.6 is 11.3 Å². The zero-order valence-electron chi connectivity index (χ0n) is 12.5. The standard InChI is InChI=1S/C16H23N3S/c1-4-17-11-14-9-13(3)18-16(10-14)19(5-2)12-15-7-6-8-20-15/h6-10,17H,4-5,11-12H2,1-3H3. The van der Waals surface area contributed by atoms with Crippen LogP contribution in [0.25, 0.3) is 0 Å². The van der Waals surface area contributed by atoms with Gasteiger partial charge in [0.25, 0.3) is 0 Å². The highest BCUT2D eigenvalue weighted by molar-refractivity contribution is 7.09. The van der Waals surface area contributed by atoms with Gasteiger partial charge in [0.1, 0.15) is 5.82 Å². The average molecular weight is 289 g/mol. The molecule has 0 unspecified atom stereocenters. The molecular formula is C16H23N3S. The number of aryl methyl sites for hydroxylation is 1. The molecule has 0 aliphatic carbocycles. The summed E-state index contributed by atoms with van der Waals surface area (Å²) in [5.41, 5.74) is 2.39. The fourth-order valence-electron chi connectivity index (χ4n) is 2.20. The molecule has 4 heteroatoms. The fraction of sp³-hybridized carbons (Fsp3) is 0.438. The van der Waals surface area contributed by atoms with Crippen molar-refractivity contribution in [2.24, 2.45) is 0 Å². The van der Waals surface area contributed by atoms with Crippen molar-refractivity contribution in [2.45, 2.75) is 33.9 Å². The number of thiophene rings is 1. The maximum absolute atomic E-state index is 4.70. The molecule has 2 aromatic rings. The Hall–Kier alpha value is -1.39. The molecule has 0 spiro atoms. The number of hydrogen-bond donors (Lipinski definition) is 1. The van der Waals surface area contributed by atoms with E-state index in [2.05, 4.69) is 60.6 Å². The number of aromatic nitrogens is 1. The predicted octanol–water partition coefficient (Wildman–Crippen LogP) is 3.59. The molecule has 2 rings (SSSR count). The fourth-order valence-corrected chi connectivity index (χ4v) is 2.92. The van der Waals surface area contributed by atoms with Crippen LogP contribution in [0.4, 0.5) is 5.82 Å². The summed E-state index contributed by atoms with van der Waals surface area (Å²) < 4.78 is 0. The van der Waals surface area contributed by atoms with Crippen molar-refractivity contribution < 1.29 is 0 Å². The van der Waals surface area contributed by atoms with Gasteiger partial charge in [-0.2, -0.15) is 0 Å². The molecule has 0 atom stereocenters. The van der Waals surface area contributed by atoms with E-state index in [0.29, 0.717) is 0 Å². The van der Waals surface area contributed by atoms with Crippen molar-refractivity contribution >= 4 is 17.2 Å². The maximum atomic E-state index is 4.70. The van der Waals surface area contributed by atoms with E-state index in [4.69, 9.17) is 4.98 Å². The third-order valence-corrected chi connectivity index (χ3v) is 4.07. The van der Waals surface area contributed by atoms with Crippen molar-refractivity contribution in [3.05, 3.63) is 45.8 Å². The first-order valence-electron chi connectivity index (χ1n) is 7.18. The van der Waals surface area contributed by atoms with Crippen LogP contribution in [0.5, 0.6) is 0 Å². The van der Waals surface area contributed by atoms with Crippen molar-refractivity contribution in [3.8, 4) is 0 Å². The van der Waals surface area contributed by atoms with Gasteiger partial charge in [0.2, 0.25) is 0 Å². The van der Waals surface area contributed by atoms with E-state index in [1.165, 1.54) is 10.4 Å². The Balaban J connectivity index is 2.17. The first kappa shape index (κ1) is 15.0. The molecule has 0 saturated heterocycles. The molecule has 108 valence electrons. The van der Waals surface area contributed by atoms with Gasteiger partial charge in [-0.3, -0.25) is 0 Å². The molecule has 1 N–H and O–H groups in total. The van der Waals surface area contributed by atoms with E-state index in [9.17, 15) is 0 Å². The quantitative estimate of drug-likeness (QED) is 0.844. The van der Waals surface area contributed by atoms with E-state index >= 15 is 0 Å². The number of anilines is 1. The Bertz CT molecular complexity index is 523. The smallest absolute Gasteiger partial charge is 0.129 e. The number of nitrogens with one attached hydrogen (secondary N) is 1. The summed E-state index contributed by atoms with van der Waals surface area (Å²) in [4.78, 5) is 8.40. The lowest BCUT2D eigenvalue weighted by molar-refractivity contribution is 0.723. The van der Waals surface area contributed by atoms with Crippen LogP contribution in [0, 0.1) is 6.92 Å². The van der Waals surface area contributed by atoms with Gasteiger partial charge in [-0.15, -0.1) is 11.3 Å². The van der Waals surface area contributed by atoms with Gasteiger partial charge in [-0.25, -0.2) is 4.98 Å². The summed E-state index contributed by atoms with van der Waals surface area (Å²) in [6.07, 6.45) is 0. The van der Waals surface area contributed by atoms with E-state index in [0.717, 1.165) is 37.7 Å². The van der Waals surface area contributed by atoms with Gasteiger partial charge in [0.15, 0.2) is 0 Å². The van der Waals surface area contributed by atoms with Crippen molar-refractivity contribution in [1.82, 2.24) is 10.3 Å². The lowest BCUT2D eigenvalue weighted by Crippen LogP contribution is -2.23. The van der Waals surface area contributed by atoms with Gasteiger partial charge >= 0.3 is 0 Å². The second-order valence-corrected chi connectivity index (χ2v) is 5.88. The number of nitrogens with zero attached hydrogens (tertiary/aromatic N) is 2. The van der Waals surface area contributed by atoms with Crippen LogP contribution in [0.2, 0.25) is 0 Å². The van der Waals surface area contributed by atoms with Crippen molar-refractivity contribution in [1.29, 1.82) is 0 Å². The molecule has 0 radical (unpaired) electrons. The summed E-state index contributed by atoms with van der Waals surface area (Å²) in [6, 6.07) is 8.65. The summed E-state index contributed by atoms with van der Waals surface area (Å²) in [5, 5.41) is 5.51. The second-order valence-electron chi connectivity index (χ2n) is 4.85. The van der Waals surface area contributed by atoms with Crippen LogP contribution in [-0.2, 0) is 13.1 Å². The zero-order chi connectivity index (χ0) is 14.4. The first-order chi connectivity index (χ1) is 9.72. The Morgan fingerprint density at radius 3 is 2.80 bits per heavy atom. The topological polar surface area (TPSA) is 28.2 Å². The second kappa shape index (κ2) is 7.41. The number of pyridine rings is 1. The molecule has 0 aromatic carbocycles. The molecule has 0 bridgehead atoms. The molecule has 0 aliphatic heterocycles. The van der Waals surface area contributed by atoms with Gasteiger partial charge < -0.3 is 10.2 Å². The summed E-state index contributed by atoms with van der Waals surface area (Å²) >= 11 is 1.80. The summed E-state index contributed by atoms with van der Waals surface area (Å²) in [5.74, 6) is 1.08. The van der Waals surface area contributed by atoms with Gasteiger partial charge in [0, 0.05) is 23.7 Å². The van der Waals surface area contributed by atoms with E-state index in [-0.39, 0.29) is 0 Å². The molecule has 2 heterocycles. The molecular weight excluding hydrogens is 266 g/mol. The largest absolute Gasteiger partial charge is 0.352 e. The SMILES string of the molecule is CCNCc1cc(C)nc(N(CC)Cc2cccs2)c1. The Kier molecular flexibility index (Phi) is 5.56. The molecule has 0 amide bonds. The molecule has 0 fully saturated rings. The average Bonchev–Trinajstić information content (AvgIpc) is 2.95. The third kappa shape index (κ3) is 4.05. The third-order valence-electron chi connectivity index (χ3n) is 3.21.